The Kier molecular flexibility index (Phi) is 1.40. The van der Waals surface area contributed by atoms with Crippen LogP contribution >= 0.6 is 0 Å². The Morgan fingerprint density at radius 2 is 2.42 bits per heavy atom. The standard InChI is InChI=1S/C8H7N3O/c1-5(12)7-8-6(2-3-9-7)4-10-11-8/h2-4H,1H3,(H,10,11). The van der Waals surface area contributed by atoms with Crippen molar-refractivity contribution in [3.05, 3.63) is 24.2 Å². The molecule has 2 aromatic rings. The summed E-state index contributed by atoms with van der Waals surface area (Å²) in [5.41, 5.74) is 1.16. The van der Waals surface area contributed by atoms with E-state index in [2.05, 4.69) is 15.2 Å². The molecule has 0 saturated heterocycles. The molecule has 60 valence electrons. The van der Waals surface area contributed by atoms with Crippen LogP contribution in [0.3, 0.4) is 0 Å². The van der Waals surface area contributed by atoms with Crippen LogP contribution in [-0.4, -0.2) is 21.0 Å². The molecular formula is C8H7N3O. The average Bonchev–Trinajstić information content (AvgIpc) is 2.49. The van der Waals surface area contributed by atoms with Gasteiger partial charge in [-0.25, -0.2) is 0 Å². The largest absolute Gasteiger partial charge is 0.293 e. The number of aromatic nitrogens is 3. The molecule has 0 radical (unpaired) electrons. The maximum Gasteiger partial charge on any atom is 0.180 e. The first-order valence-corrected chi connectivity index (χ1v) is 3.58. The number of H-pyrrole nitrogens is 1. The van der Waals surface area contributed by atoms with E-state index in [4.69, 9.17) is 0 Å². The highest BCUT2D eigenvalue weighted by Gasteiger charge is 2.07. The third-order valence-corrected chi connectivity index (χ3v) is 1.70. The number of hydrogen-bond donors (Lipinski definition) is 1. The zero-order chi connectivity index (χ0) is 8.55. The Bertz CT molecular complexity index is 433. The van der Waals surface area contributed by atoms with Crippen molar-refractivity contribution in [2.24, 2.45) is 0 Å². The molecule has 0 fully saturated rings. The number of ketones is 1. The van der Waals surface area contributed by atoms with E-state index in [1.165, 1.54) is 6.92 Å². The van der Waals surface area contributed by atoms with Gasteiger partial charge in [0, 0.05) is 18.5 Å². The topological polar surface area (TPSA) is 58.6 Å². The molecule has 1 N–H and O–H groups in total. The van der Waals surface area contributed by atoms with Crippen LogP contribution in [0.15, 0.2) is 18.5 Å². The van der Waals surface area contributed by atoms with Crippen LogP contribution in [0.4, 0.5) is 0 Å². The monoisotopic (exact) mass is 161 g/mol. The predicted molar refractivity (Wildman–Crippen MR) is 43.9 cm³/mol. The molecule has 0 aromatic carbocycles. The number of fused-ring (bicyclic) bond motifs is 1. The molecular weight excluding hydrogens is 154 g/mol. The van der Waals surface area contributed by atoms with Gasteiger partial charge in [0.2, 0.25) is 0 Å². The van der Waals surface area contributed by atoms with Gasteiger partial charge in [-0.1, -0.05) is 0 Å². The molecule has 4 nitrogen and oxygen atoms in total. The van der Waals surface area contributed by atoms with Gasteiger partial charge in [-0.2, -0.15) is 5.10 Å². The van der Waals surface area contributed by atoms with Gasteiger partial charge in [0.05, 0.1) is 11.7 Å². The van der Waals surface area contributed by atoms with E-state index in [1.54, 1.807) is 12.4 Å². The van der Waals surface area contributed by atoms with Crippen molar-refractivity contribution in [2.75, 3.05) is 0 Å². The van der Waals surface area contributed by atoms with Crippen molar-refractivity contribution in [1.29, 1.82) is 0 Å². The molecule has 0 aliphatic heterocycles. The first-order chi connectivity index (χ1) is 5.79. The number of nitrogens with one attached hydrogen (secondary N) is 1. The molecule has 0 amide bonds. The molecule has 0 atom stereocenters. The van der Waals surface area contributed by atoms with Crippen molar-refractivity contribution in [3.63, 3.8) is 0 Å². The zero-order valence-corrected chi connectivity index (χ0v) is 6.53. The number of Topliss-reactive ketones (excluding diaryl/α,β-unsaturated/α-hetero) is 1. The molecule has 2 rings (SSSR count). The first-order valence-electron chi connectivity index (χ1n) is 3.58. The summed E-state index contributed by atoms with van der Waals surface area (Å²) in [5, 5.41) is 7.48. The van der Waals surface area contributed by atoms with Crippen LogP contribution in [-0.2, 0) is 0 Å². The Hall–Kier alpha value is -1.71. The van der Waals surface area contributed by atoms with Crippen molar-refractivity contribution in [2.45, 2.75) is 6.92 Å². The molecule has 0 saturated carbocycles. The summed E-state index contributed by atoms with van der Waals surface area (Å²) in [7, 11) is 0. The highest BCUT2D eigenvalue weighted by Crippen LogP contribution is 2.12. The number of hydrogen-bond acceptors (Lipinski definition) is 3. The second-order valence-electron chi connectivity index (χ2n) is 2.55. The fourth-order valence-electron chi connectivity index (χ4n) is 1.14. The third-order valence-electron chi connectivity index (χ3n) is 1.70. The highest BCUT2D eigenvalue weighted by molar-refractivity contribution is 6.03. The van der Waals surface area contributed by atoms with Crippen molar-refractivity contribution in [3.8, 4) is 0 Å². The van der Waals surface area contributed by atoms with Crippen LogP contribution in [0.2, 0.25) is 0 Å². The number of pyridine rings is 1. The van der Waals surface area contributed by atoms with Gasteiger partial charge in [0.25, 0.3) is 0 Å². The quantitative estimate of drug-likeness (QED) is 0.638. The van der Waals surface area contributed by atoms with E-state index < -0.39 is 0 Å². The SMILES string of the molecule is CC(=O)c1nccc2cn[nH]c12. The maximum atomic E-state index is 11.0. The van der Waals surface area contributed by atoms with Crippen molar-refractivity contribution >= 4 is 16.7 Å². The molecule has 0 unspecified atom stereocenters. The highest BCUT2D eigenvalue weighted by atomic mass is 16.1. The van der Waals surface area contributed by atoms with E-state index >= 15 is 0 Å². The smallest absolute Gasteiger partial charge is 0.180 e. The second kappa shape index (κ2) is 2.41. The summed E-state index contributed by atoms with van der Waals surface area (Å²) in [6.45, 7) is 1.49. The fraction of sp³-hybridized carbons (Fsp3) is 0.125. The predicted octanol–water partition coefficient (Wildman–Crippen LogP) is 1.16. The lowest BCUT2D eigenvalue weighted by Gasteiger charge is -1.94. The molecule has 4 heteroatoms. The molecule has 0 bridgehead atoms. The number of carbonyl (C=O) groups is 1. The summed E-state index contributed by atoms with van der Waals surface area (Å²) in [4.78, 5) is 15.0. The third kappa shape index (κ3) is 0.887. The van der Waals surface area contributed by atoms with Gasteiger partial charge in [-0.15, -0.1) is 0 Å². The van der Waals surface area contributed by atoms with Gasteiger partial charge >= 0.3 is 0 Å². The Labute approximate surface area is 68.6 Å². The summed E-state index contributed by atoms with van der Waals surface area (Å²) in [6.07, 6.45) is 3.28. The summed E-state index contributed by atoms with van der Waals surface area (Å²) >= 11 is 0. The van der Waals surface area contributed by atoms with Crippen molar-refractivity contribution in [1.82, 2.24) is 15.2 Å². The summed E-state index contributed by atoms with van der Waals surface area (Å²) in [5.74, 6) is -0.0511. The van der Waals surface area contributed by atoms with E-state index in [0.29, 0.717) is 11.2 Å². The maximum absolute atomic E-state index is 11.0. The molecule has 2 heterocycles. The Balaban J connectivity index is 2.82. The summed E-state index contributed by atoms with van der Waals surface area (Å²) in [6, 6.07) is 1.81. The minimum absolute atomic E-state index is 0.0511. The molecule has 2 aromatic heterocycles. The minimum atomic E-state index is -0.0511. The number of nitrogens with zero attached hydrogens (tertiary/aromatic N) is 2. The van der Waals surface area contributed by atoms with E-state index in [-0.39, 0.29) is 5.78 Å². The normalized spacial score (nSPS) is 10.4. The van der Waals surface area contributed by atoms with Gasteiger partial charge in [0.1, 0.15) is 5.69 Å². The van der Waals surface area contributed by atoms with Crippen LogP contribution < -0.4 is 0 Å². The van der Waals surface area contributed by atoms with Gasteiger partial charge in [0.15, 0.2) is 5.78 Å². The van der Waals surface area contributed by atoms with Crippen LogP contribution in [0.25, 0.3) is 10.9 Å². The van der Waals surface area contributed by atoms with Crippen LogP contribution in [0.5, 0.6) is 0 Å². The fourth-order valence-corrected chi connectivity index (χ4v) is 1.14. The lowest BCUT2D eigenvalue weighted by Crippen LogP contribution is -1.96. The van der Waals surface area contributed by atoms with Crippen molar-refractivity contribution < 1.29 is 4.79 Å². The van der Waals surface area contributed by atoms with Crippen LogP contribution in [0, 0.1) is 0 Å². The minimum Gasteiger partial charge on any atom is -0.293 e. The molecule has 0 aliphatic carbocycles. The van der Waals surface area contributed by atoms with Crippen LogP contribution in [0.1, 0.15) is 17.4 Å². The van der Waals surface area contributed by atoms with Gasteiger partial charge in [-0.05, 0) is 6.07 Å². The lowest BCUT2D eigenvalue weighted by atomic mass is 10.2. The van der Waals surface area contributed by atoms with Gasteiger partial charge in [-0.3, -0.25) is 14.9 Å². The second-order valence-corrected chi connectivity index (χ2v) is 2.55. The molecule has 0 aliphatic rings. The first kappa shape index (κ1) is 6.97. The van der Waals surface area contributed by atoms with E-state index in [0.717, 1.165) is 5.39 Å². The van der Waals surface area contributed by atoms with E-state index in [1.807, 2.05) is 6.07 Å². The Morgan fingerprint density at radius 3 is 3.17 bits per heavy atom. The zero-order valence-electron chi connectivity index (χ0n) is 6.53. The van der Waals surface area contributed by atoms with Gasteiger partial charge < -0.3 is 0 Å². The number of rotatable bonds is 1. The molecule has 12 heavy (non-hydrogen) atoms. The van der Waals surface area contributed by atoms with E-state index in [9.17, 15) is 4.79 Å². The molecule has 0 spiro atoms. The summed E-state index contributed by atoms with van der Waals surface area (Å²) < 4.78 is 0. The Morgan fingerprint density at radius 1 is 1.58 bits per heavy atom. The average molecular weight is 161 g/mol. The number of carbonyl (C=O) groups excluding carboxylic acids is 1. The number of aromatic amines is 1. The lowest BCUT2D eigenvalue weighted by molar-refractivity contribution is 0.101.